The molecule has 0 fully saturated rings. The Kier molecular flexibility index (Phi) is 3.27. The maximum absolute atomic E-state index is 14.2. The number of hydrogen-bond donors (Lipinski definition) is 2. The Balaban J connectivity index is 2.17. The third-order valence-electron chi connectivity index (χ3n) is 3.21. The number of anilines is 1. The lowest BCUT2D eigenvalue weighted by atomic mass is 10.0. The Hall–Kier alpha value is -2.89. The number of ether oxygens (including phenoxy) is 1. The first-order chi connectivity index (χ1) is 10.2. The minimum Gasteiger partial charge on any atom is -0.497 e. The van der Waals surface area contributed by atoms with Gasteiger partial charge in [-0.05, 0) is 29.8 Å². The maximum atomic E-state index is 14.2. The van der Waals surface area contributed by atoms with Gasteiger partial charge in [0.05, 0.1) is 18.4 Å². The van der Waals surface area contributed by atoms with Crippen LogP contribution in [0.15, 0.2) is 42.7 Å². The van der Waals surface area contributed by atoms with Crippen molar-refractivity contribution in [1.29, 1.82) is 0 Å². The third kappa shape index (κ3) is 2.31. The minimum atomic E-state index is -0.409. The zero-order chi connectivity index (χ0) is 14.8. The fourth-order valence-electron chi connectivity index (χ4n) is 2.19. The van der Waals surface area contributed by atoms with E-state index in [4.69, 9.17) is 10.5 Å². The van der Waals surface area contributed by atoms with Crippen molar-refractivity contribution in [1.82, 2.24) is 15.2 Å². The lowest BCUT2D eigenvalue weighted by Crippen LogP contribution is -1.91. The Bertz CT molecular complexity index is 771. The van der Waals surface area contributed by atoms with Gasteiger partial charge in [0, 0.05) is 24.0 Å². The Morgan fingerprint density at radius 2 is 1.95 bits per heavy atom. The SMILES string of the molecule is COc1ccc(-c2[nH]nc(N)c2-c2ccncc2)c(F)c1. The molecule has 21 heavy (non-hydrogen) atoms. The smallest absolute Gasteiger partial charge is 0.153 e. The zero-order valence-corrected chi connectivity index (χ0v) is 11.3. The summed E-state index contributed by atoms with van der Waals surface area (Å²) < 4.78 is 19.3. The highest BCUT2D eigenvalue weighted by molar-refractivity contribution is 5.87. The number of methoxy groups -OCH3 is 1. The second-order valence-electron chi connectivity index (χ2n) is 4.44. The molecule has 3 aromatic rings. The van der Waals surface area contributed by atoms with Gasteiger partial charge in [0.25, 0.3) is 0 Å². The summed E-state index contributed by atoms with van der Waals surface area (Å²) in [7, 11) is 1.49. The van der Waals surface area contributed by atoms with Crippen LogP contribution in [0.2, 0.25) is 0 Å². The molecule has 0 atom stereocenters. The molecule has 3 rings (SSSR count). The quantitative estimate of drug-likeness (QED) is 0.775. The molecule has 106 valence electrons. The topological polar surface area (TPSA) is 76.8 Å². The average molecular weight is 284 g/mol. The molecule has 0 aliphatic carbocycles. The third-order valence-corrected chi connectivity index (χ3v) is 3.21. The van der Waals surface area contributed by atoms with Gasteiger partial charge in [-0.1, -0.05) is 0 Å². The van der Waals surface area contributed by atoms with Gasteiger partial charge in [-0.15, -0.1) is 0 Å². The number of aromatic amines is 1. The summed E-state index contributed by atoms with van der Waals surface area (Å²) in [6, 6.07) is 8.23. The highest BCUT2D eigenvalue weighted by Gasteiger charge is 2.17. The van der Waals surface area contributed by atoms with Crippen LogP contribution in [0.4, 0.5) is 10.2 Å². The van der Waals surface area contributed by atoms with Crippen molar-refractivity contribution in [3.8, 4) is 28.1 Å². The molecule has 0 saturated heterocycles. The van der Waals surface area contributed by atoms with E-state index in [0.717, 1.165) is 5.56 Å². The van der Waals surface area contributed by atoms with E-state index in [1.165, 1.54) is 13.2 Å². The number of nitrogens with one attached hydrogen (secondary N) is 1. The number of nitrogens with zero attached hydrogens (tertiary/aromatic N) is 2. The van der Waals surface area contributed by atoms with Crippen LogP contribution in [0, 0.1) is 5.82 Å². The predicted molar refractivity (Wildman–Crippen MR) is 78.2 cm³/mol. The molecule has 2 heterocycles. The van der Waals surface area contributed by atoms with E-state index in [0.29, 0.717) is 28.4 Å². The number of hydrogen-bond acceptors (Lipinski definition) is 4. The molecule has 6 heteroatoms. The number of nitrogen functional groups attached to an aromatic ring is 1. The van der Waals surface area contributed by atoms with Crippen molar-refractivity contribution >= 4 is 5.82 Å². The standard InChI is InChI=1S/C15H13FN4O/c1-21-10-2-3-11(12(16)8-10)14-13(15(17)20-19-14)9-4-6-18-7-5-9/h2-8H,1H3,(H3,17,19,20). The number of rotatable bonds is 3. The number of benzene rings is 1. The molecule has 3 N–H and O–H groups in total. The van der Waals surface area contributed by atoms with E-state index < -0.39 is 5.82 Å². The highest BCUT2D eigenvalue weighted by atomic mass is 19.1. The van der Waals surface area contributed by atoms with Crippen molar-refractivity contribution in [2.45, 2.75) is 0 Å². The largest absolute Gasteiger partial charge is 0.497 e. The van der Waals surface area contributed by atoms with Crippen LogP contribution in [0.5, 0.6) is 5.75 Å². The van der Waals surface area contributed by atoms with Crippen molar-refractivity contribution < 1.29 is 9.13 Å². The minimum absolute atomic E-state index is 0.311. The van der Waals surface area contributed by atoms with Gasteiger partial charge in [-0.3, -0.25) is 10.1 Å². The molecule has 0 aliphatic rings. The summed E-state index contributed by atoms with van der Waals surface area (Å²) in [5, 5.41) is 6.78. The molecule has 0 unspecified atom stereocenters. The van der Waals surface area contributed by atoms with E-state index in [9.17, 15) is 4.39 Å². The second-order valence-corrected chi connectivity index (χ2v) is 4.44. The molecule has 5 nitrogen and oxygen atoms in total. The Labute approximate surface area is 120 Å². The number of halogens is 1. The summed E-state index contributed by atoms with van der Waals surface area (Å²) in [4.78, 5) is 3.97. The van der Waals surface area contributed by atoms with Crippen molar-refractivity contribution in [3.63, 3.8) is 0 Å². The first-order valence-electron chi connectivity index (χ1n) is 6.29. The van der Waals surface area contributed by atoms with Crippen molar-refractivity contribution in [3.05, 3.63) is 48.5 Å². The highest BCUT2D eigenvalue weighted by Crippen LogP contribution is 2.36. The Morgan fingerprint density at radius 1 is 1.19 bits per heavy atom. The first kappa shape index (κ1) is 13.1. The molecule has 0 saturated carbocycles. The fourth-order valence-corrected chi connectivity index (χ4v) is 2.19. The molecular weight excluding hydrogens is 271 g/mol. The monoisotopic (exact) mass is 284 g/mol. The van der Waals surface area contributed by atoms with Gasteiger partial charge in [-0.25, -0.2) is 4.39 Å². The summed E-state index contributed by atoms with van der Waals surface area (Å²) in [5.41, 5.74) is 8.29. The zero-order valence-electron chi connectivity index (χ0n) is 11.3. The van der Waals surface area contributed by atoms with Crippen molar-refractivity contribution in [2.24, 2.45) is 0 Å². The molecule has 0 amide bonds. The van der Waals surface area contributed by atoms with Crippen LogP contribution in [-0.2, 0) is 0 Å². The summed E-state index contributed by atoms with van der Waals surface area (Å²) in [6.45, 7) is 0. The molecule has 0 bridgehead atoms. The Morgan fingerprint density at radius 3 is 2.62 bits per heavy atom. The maximum Gasteiger partial charge on any atom is 0.153 e. The van der Waals surface area contributed by atoms with Gasteiger partial charge >= 0.3 is 0 Å². The number of nitrogens with two attached hydrogens (primary N) is 1. The van der Waals surface area contributed by atoms with E-state index in [2.05, 4.69) is 15.2 Å². The number of pyridine rings is 1. The molecule has 1 aromatic carbocycles. The van der Waals surface area contributed by atoms with Crippen LogP contribution in [-0.4, -0.2) is 22.3 Å². The van der Waals surface area contributed by atoms with Crippen LogP contribution >= 0.6 is 0 Å². The van der Waals surface area contributed by atoms with Crippen LogP contribution in [0.3, 0.4) is 0 Å². The summed E-state index contributed by atoms with van der Waals surface area (Å²) >= 11 is 0. The lowest BCUT2D eigenvalue weighted by Gasteiger charge is -2.07. The normalized spacial score (nSPS) is 10.6. The van der Waals surface area contributed by atoms with E-state index in [1.807, 2.05) is 0 Å². The first-order valence-corrected chi connectivity index (χ1v) is 6.29. The van der Waals surface area contributed by atoms with Crippen LogP contribution in [0.25, 0.3) is 22.4 Å². The number of H-pyrrole nitrogens is 1. The summed E-state index contributed by atoms with van der Waals surface area (Å²) in [6.07, 6.45) is 3.30. The van der Waals surface area contributed by atoms with Crippen molar-refractivity contribution in [2.75, 3.05) is 12.8 Å². The van der Waals surface area contributed by atoms with Crippen LogP contribution in [0.1, 0.15) is 0 Å². The second kappa shape index (κ2) is 5.24. The van der Waals surface area contributed by atoms with Gasteiger partial charge in [0.2, 0.25) is 0 Å². The van der Waals surface area contributed by atoms with E-state index in [1.54, 1.807) is 36.7 Å². The molecule has 0 spiro atoms. The van der Waals surface area contributed by atoms with Gasteiger partial charge in [0.15, 0.2) is 5.82 Å². The lowest BCUT2D eigenvalue weighted by molar-refractivity contribution is 0.411. The summed E-state index contributed by atoms with van der Waals surface area (Å²) in [5.74, 6) is 0.355. The average Bonchev–Trinajstić information content (AvgIpc) is 2.89. The number of aromatic nitrogens is 3. The fraction of sp³-hybridized carbons (Fsp3) is 0.0667. The van der Waals surface area contributed by atoms with E-state index >= 15 is 0 Å². The van der Waals surface area contributed by atoms with Crippen LogP contribution < -0.4 is 10.5 Å². The molecule has 0 radical (unpaired) electrons. The van der Waals surface area contributed by atoms with Gasteiger partial charge in [-0.2, -0.15) is 5.10 Å². The molecule has 0 aliphatic heterocycles. The predicted octanol–water partition coefficient (Wildman–Crippen LogP) is 2.87. The van der Waals surface area contributed by atoms with Gasteiger partial charge < -0.3 is 10.5 Å². The molecular formula is C15H13FN4O. The molecule has 2 aromatic heterocycles. The van der Waals surface area contributed by atoms with E-state index in [-0.39, 0.29) is 0 Å². The van der Waals surface area contributed by atoms with Gasteiger partial charge in [0.1, 0.15) is 11.6 Å².